The number of nitrogens with zero attached hydrogens (tertiary/aromatic N) is 2. The highest BCUT2D eigenvalue weighted by Gasteiger charge is 2.28. The largest absolute Gasteiger partial charge is 0.484 e. The van der Waals surface area contributed by atoms with Crippen molar-refractivity contribution in [1.82, 2.24) is 9.55 Å². The number of rotatable bonds is 8. The fraction of sp³-hybridized carbons (Fsp3) is 0.263. The van der Waals surface area contributed by atoms with Crippen molar-refractivity contribution >= 4 is 5.57 Å². The SMILES string of the molecule is C=C/C(=C\C)c1cc(=O)n(-c2ccc(OCC(F)(F)F)cc2)c(OCC(F)F)n1. The molecule has 0 saturated carbocycles. The number of alkyl halides is 5. The van der Waals surface area contributed by atoms with Gasteiger partial charge in [-0.15, -0.1) is 0 Å². The Hall–Kier alpha value is -3.17. The van der Waals surface area contributed by atoms with Crippen LogP contribution in [0.2, 0.25) is 0 Å². The van der Waals surface area contributed by atoms with Gasteiger partial charge in [-0.2, -0.15) is 18.2 Å². The average molecular weight is 416 g/mol. The first kappa shape index (κ1) is 22.1. The monoisotopic (exact) mass is 416 g/mol. The molecule has 0 aliphatic heterocycles. The van der Waals surface area contributed by atoms with Gasteiger partial charge in [-0.1, -0.05) is 18.7 Å². The molecule has 0 aliphatic rings. The van der Waals surface area contributed by atoms with E-state index in [4.69, 9.17) is 4.74 Å². The Bertz CT molecular complexity index is 934. The summed E-state index contributed by atoms with van der Waals surface area (Å²) in [5.74, 6) is -0.0818. The van der Waals surface area contributed by atoms with Crippen LogP contribution in [0.15, 0.2) is 53.9 Å². The average Bonchev–Trinajstić information content (AvgIpc) is 2.65. The smallest absolute Gasteiger partial charge is 0.422 e. The summed E-state index contributed by atoms with van der Waals surface area (Å²) >= 11 is 0. The van der Waals surface area contributed by atoms with Crippen LogP contribution in [0.3, 0.4) is 0 Å². The number of allylic oxidation sites excluding steroid dienone is 3. The van der Waals surface area contributed by atoms with Crippen LogP contribution in [-0.2, 0) is 0 Å². The van der Waals surface area contributed by atoms with E-state index in [-0.39, 0.29) is 17.1 Å². The second-order valence-electron chi connectivity index (χ2n) is 5.65. The minimum Gasteiger partial charge on any atom is -0.484 e. The molecule has 2 aromatic rings. The van der Waals surface area contributed by atoms with Gasteiger partial charge in [0.15, 0.2) is 13.2 Å². The summed E-state index contributed by atoms with van der Waals surface area (Å²) in [6.45, 7) is 2.81. The molecule has 0 radical (unpaired) electrons. The Labute approximate surface area is 162 Å². The van der Waals surface area contributed by atoms with Gasteiger partial charge in [0.05, 0.1) is 11.4 Å². The lowest BCUT2D eigenvalue weighted by Gasteiger charge is -2.15. The van der Waals surface area contributed by atoms with E-state index in [1.54, 1.807) is 13.0 Å². The molecule has 0 N–H and O–H groups in total. The number of aromatic nitrogens is 2. The van der Waals surface area contributed by atoms with Crippen molar-refractivity contribution in [1.29, 1.82) is 0 Å². The molecule has 29 heavy (non-hydrogen) atoms. The maximum Gasteiger partial charge on any atom is 0.422 e. The standard InChI is InChI=1S/C19H17F5N2O3/c1-3-12(4-2)15-9-17(27)26(18(25-15)28-10-16(20)21)13-5-7-14(8-6-13)29-11-19(22,23)24/h3-9,16H,1,10-11H2,2H3/b12-4+. The fourth-order valence-corrected chi connectivity index (χ4v) is 2.31. The third-order valence-electron chi connectivity index (χ3n) is 3.55. The van der Waals surface area contributed by atoms with E-state index in [0.29, 0.717) is 5.57 Å². The van der Waals surface area contributed by atoms with Crippen molar-refractivity contribution < 1.29 is 31.4 Å². The predicted molar refractivity (Wildman–Crippen MR) is 96.7 cm³/mol. The molecular weight excluding hydrogens is 399 g/mol. The third kappa shape index (κ3) is 6.16. The Kier molecular flexibility index (Phi) is 7.13. The molecule has 0 aliphatic carbocycles. The Morgan fingerprint density at radius 1 is 1.24 bits per heavy atom. The topological polar surface area (TPSA) is 53.4 Å². The molecule has 0 fully saturated rings. The molecular formula is C19H17F5N2O3. The molecule has 0 atom stereocenters. The second kappa shape index (κ2) is 9.35. The van der Waals surface area contributed by atoms with Crippen LogP contribution in [0, 0.1) is 0 Å². The number of ether oxygens (including phenoxy) is 2. The zero-order valence-electron chi connectivity index (χ0n) is 15.2. The summed E-state index contributed by atoms with van der Waals surface area (Å²) in [7, 11) is 0. The highest BCUT2D eigenvalue weighted by atomic mass is 19.4. The van der Waals surface area contributed by atoms with E-state index in [1.807, 2.05) is 0 Å². The van der Waals surface area contributed by atoms with E-state index in [2.05, 4.69) is 16.3 Å². The van der Waals surface area contributed by atoms with Gasteiger partial charge in [0.1, 0.15) is 5.75 Å². The minimum absolute atomic E-state index is 0.0818. The summed E-state index contributed by atoms with van der Waals surface area (Å²) in [5, 5.41) is 0. The molecule has 0 saturated heterocycles. The lowest BCUT2D eigenvalue weighted by atomic mass is 10.2. The van der Waals surface area contributed by atoms with Crippen molar-refractivity contribution in [2.75, 3.05) is 13.2 Å². The number of hydrogen-bond acceptors (Lipinski definition) is 4. The van der Waals surface area contributed by atoms with Crippen LogP contribution in [0.4, 0.5) is 22.0 Å². The van der Waals surface area contributed by atoms with Gasteiger partial charge in [0.25, 0.3) is 12.0 Å². The van der Waals surface area contributed by atoms with Crippen LogP contribution in [0.25, 0.3) is 11.3 Å². The zero-order valence-corrected chi connectivity index (χ0v) is 15.2. The van der Waals surface area contributed by atoms with Gasteiger partial charge in [-0.05, 0) is 36.8 Å². The van der Waals surface area contributed by atoms with E-state index in [9.17, 15) is 26.7 Å². The van der Waals surface area contributed by atoms with Crippen LogP contribution >= 0.6 is 0 Å². The highest BCUT2D eigenvalue weighted by molar-refractivity contribution is 5.70. The molecule has 1 heterocycles. The first-order valence-electron chi connectivity index (χ1n) is 8.28. The maximum absolute atomic E-state index is 12.6. The maximum atomic E-state index is 12.6. The molecule has 0 unspecified atom stereocenters. The van der Waals surface area contributed by atoms with Crippen LogP contribution in [0.5, 0.6) is 11.8 Å². The quantitative estimate of drug-likeness (QED) is 0.473. The van der Waals surface area contributed by atoms with Crippen molar-refractivity contribution in [3.8, 4) is 17.4 Å². The summed E-state index contributed by atoms with van der Waals surface area (Å²) in [6.07, 6.45) is -4.23. The highest BCUT2D eigenvalue weighted by Crippen LogP contribution is 2.22. The van der Waals surface area contributed by atoms with Crippen LogP contribution in [-0.4, -0.2) is 35.4 Å². The fourth-order valence-electron chi connectivity index (χ4n) is 2.31. The Balaban J connectivity index is 2.44. The first-order chi connectivity index (χ1) is 13.6. The molecule has 2 rings (SSSR count). The molecule has 10 heteroatoms. The van der Waals surface area contributed by atoms with Crippen molar-refractivity contribution in [3.05, 3.63) is 65.1 Å². The summed E-state index contributed by atoms with van der Waals surface area (Å²) in [4.78, 5) is 16.7. The third-order valence-corrected chi connectivity index (χ3v) is 3.55. The summed E-state index contributed by atoms with van der Waals surface area (Å²) in [5.41, 5.74) is 0.188. The van der Waals surface area contributed by atoms with Gasteiger partial charge < -0.3 is 9.47 Å². The van der Waals surface area contributed by atoms with Crippen LogP contribution in [0.1, 0.15) is 12.6 Å². The Morgan fingerprint density at radius 3 is 2.41 bits per heavy atom. The second-order valence-corrected chi connectivity index (χ2v) is 5.65. The van der Waals surface area contributed by atoms with Crippen molar-refractivity contribution in [2.24, 2.45) is 0 Å². The molecule has 1 aromatic carbocycles. The van der Waals surface area contributed by atoms with Crippen molar-refractivity contribution in [3.63, 3.8) is 0 Å². The summed E-state index contributed by atoms with van der Waals surface area (Å²) in [6, 6.07) is 5.76. The molecule has 0 amide bonds. The van der Waals surface area contributed by atoms with E-state index in [1.165, 1.54) is 36.4 Å². The van der Waals surface area contributed by atoms with E-state index >= 15 is 0 Å². The molecule has 0 spiro atoms. The predicted octanol–water partition coefficient (Wildman–Crippen LogP) is 4.41. The van der Waals surface area contributed by atoms with Gasteiger partial charge >= 0.3 is 12.2 Å². The van der Waals surface area contributed by atoms with E-state index < -0.39 is 37.4 Å². The minimum atomic E-state index is -4.50. The van der Waals surface area contributed by atoms with Gasteiger partial charge in [-0.25, -0.2) is 13.3 Å². The summed E-state index contributed by atoms with van der Waals surface area (Å²) < 4.78 is 72.4. The first-order valence-corrected chi connectivity index (χ1v) is 8.28. The van der Waals surface area contributed by atoms with Gasteiger partial charge in [0.2, 0.25) is 0 Å². The molecule has 5 nitrogen and oxygen atoms in total. The van der Waals surface area contributed by atoms with E-state index in [0.717, 1.165) is 4.57 Å². The number of benzene rings is 1. The lowest BCUT2D eigenvalue weighted by Crippen LogP contribution is -2.24. The number of halogens is 5. The lowest BCUT2D eigenvalue weighted by molar-refractivity contribution is -0.153. The Morgan fingerprint density at radius 2 is 1.90 bits per heavy atom. The van der Waals surface area contributed by atoms with Crippen molar-refractivity contribution in [2.45, 2.75) is 19.5 Å². The normalized spacial score (nSPS) is 12.2. The van der Waals surface area contributed by atoms with Gasteiger partial charge in [0, 0.05) is 6.07 Å². The molecule has 156 valence electrons. The van der Waals surface area contributed by atoms with Gasteiger partial charge in [-0.3, -0.25) is 4.79 Å². The zero-order chi connectivity index (χ0) is 21.6. The number of hydrogen-bond donors (Lipinski definition) is 0. The molecule has 1 aromatic heterocycles. The molecule has 0 bridgehead atoms. The van der Waals surface area contributed by atoms with Crippen LogP contribution < -0.4 is 15.0 Å².